The van der Waals surface area contributed by atoms with E-state index in [1.807, 2.05) is 48.6 Å². The highest BCUT2D eigenvalue weighted by atomic mass is 32.3. The molecule has 0 unspecified atom stereocenters. The maximum absolute atomic E-state index is 15.4. The second kappa shape index (κ2) is 4.62. The Labute approximate surface area is 112 Å². The Morgan fingerprint density at radius 3 is 2.00 bits per heavy atom. The van der Waals surface area contributed by atoms with Crippen LogP contribution in [0.1, 0.15) is 47.2 Å². The zero-order chi connectivity index (χ0) is 14.2. The number of halogens is 1. The van der Waals surface area contributed by atoms with E-state index < -0.39 is 19.9 Å². The van der Waals surface area contributed by atoms with Crippen molar-refractivity contribution >= 4 is 10.4 Å². The number of hydrogen-bond acceptors (Lipinski definition) is 1. The average Bonchev–Trinajstić information content (AvgIpc) is 2.57. The monoisotopic (exact) mass is 270 g/mol. The molecule has 0 fully saturated rings. The minimum Gasteiger partial charge on any atom is -0.327 e. The molecule has 4 heteroatoms. The maximum Gasteiger partial charge on any atom is 0.112 e. The van der Waals surface area contributed by atoms with Crippen molar-refractivity contribution in [3.63, 3.8) is 0 Å². The molecule has 0 bridgehead atoms. The Morgan fingerprint density at radius 1 is 1.17 bits per heavy atom. The van der Waals surface area contributed by atoms with Gasteiger partial charge in [-0.1, -0.05) is 0 Å². The first-order valence-corrected chi connectivity index (χ1v) is 7.53. The van der Waals surface area contributed by atoms with Gasteiger partial charge < -0.3 is 4.57 Å². The van der Waals surface area contributed by atoms with Crippen LogP contribution in [0.5, 0.6) is 0 Å². The standard InChI is InChI=1S/C14H23FN2S/c1-13(2,3)18(15,14(4,5)6)9-8-12-10-16-11-17(12)7/h10-11H,1-7H3. The van der Waals surface area contributed by atoms with Crippen LogP contribution in [0, 0.1) is 11.2 Å². The van der Waals surface area contributed by atoms with Crippen molar-refractivity contribution in [1.29, 1.82) is 0 Å². The van der Waals surface area contributed by atoms with Crippen LogP contribution in [0.25, 0.3) is 0 Å². The third-order valence-corrected chi connectivity index (χ3v) is 6.58. The third kappa shape index (κ3) is 2.72. The summed E-state index contributed by atoms with van der Waals surface area (Å²) in [5.41, 5.74) is 0.748. The second-order valence-corrected chi connectivity index (χ2v) is 10.1. The molecular formula is C14H23FN2S. The lowest BCUT2D eigenvalue weighted by Gasteiger charge is -2.47. The van der Waals surface area contributed by atoms with Gasteiger partial charge in [-0.3, -0.25) is 0 Å². The van der Waals surface area contributed by atoms with Gasteiger partial charge in [0.15, 0.2) is 0 Å². The number of rotatable bonds is 0. The SMILES string of the molecule is Cn1cncc1C#CS(F)(C(C)(C)C)C(C)(C)C. The fourth-order valence-corrected chi connectivity index (χ4v) is 4.52. The van der Waals surface area contributed by atoms with Gasteiger partial charge in [-0.25, -0.2) is 4.98 Å². The fraction of sp³-hybridized carbons (Fsp3) is 0.643. The maximum atomic E-state index is 15.4. The summed E-state index contributed by atoms with van der Waals surface area (Å²) in [7, 11) is -0.705. The minimum atomic E-state index is -2.57. The van der Waals surface area contributed by atoms with Crippen LogP contribution in [0.4, 0.5) is 3.89 Å². The molecule has 0 saturated carbocycles. The zero-order valence-electron chi connectivity index (χ0n) is 12.3. The first kappa shape index (κ1) is 15.1. The van der Waals surface area contributed by atoms with Gasteiger partial charge in [0.2, 0.25) is 0 Å². The van der Waals surface area contributed by atoms with Crippen molar-refractivity contribution in [3.05, 3.63) is 18.2 Å². The lowest BCUT2D eigenvalue weighted by Crippen LogP contribution is -2.34. The molecule has 1 aromatic rings. The molecule has 0 aromatic carbocycles. The number of hydrogen-bond donors (Lipinski definition) is 0. The summed E-state index contributed by atoms with van der Waals surface area (Å²) < 4.78 is 16.3. The Kier molecular flexibility index (Phi) is 3.88. The van der Waals surface area contributed by atoms with Crippen LogP contribution in [0.3, 0.4) is 0 Å². The molecule has 0 N–H and O–H groups in total. The predicted molar refractivity (Wildman–Crippen MR) is 78.3 cm³/mol. The van der Waals surface area contributed by atoms with Crippen molar-refractivity contribution in [2.75, 3.05) is 0 Å². The summed E-state index contributed by atoms with van der Waals surface area (Å²) in [5, 5.41) is 2.93. The van der Waals surface area contributed by atoms with Gasteiger partial charge in [0.05, 0.1) is 12.5 Å². The highest BCUT2D eigenvalue weighted by Gasteiger charge is 2.45. The van der Waals surface area contributed by atoms with Crippen LogP contribution in [-0.4, -0.2) is 19.0 Å². The second-order valence-electron chi connectivity index (χ2n) is 6.38. The first-order valence-electron chi connectivity index (χ1n) is 6.00. The van der Waals surface area contributed by atoms with Gasteiger partial charge in [0, 0.05) is 16.5 Å². The smallest absolute Gasteiger partial charge is 0.112 e. The van der Waals surface area contributed by atoms with E-state index in [9.17, 15) is 0 Å². The van der Waals surface area contributed by atoms with Gasteiger partial charge in [0.1, 0.15) is 5.69 Å². The Bertz CT molecular complexity index is 466. The summed E-state index contributed by atoms with van der Waals surface area (Å²) in [6, 6.07) is 0. The van der Waals surface area contributed by atoms with E-state index in [0.717, 1.165) is 5.69 Å². The molecule has 1 heterocycles. The van der Waals surface area contributed by atoms with E-state index in [1.54, 1.807) is 17.1 Å². The molecular weight excluding hydrogens is 247 g/mol. The van der Waals surface area contributed by atoms with E-state index in [4.69, 9.17) is 0 Å². The van der Waals surface area contributed by atoms with E-state index in [1.165, 1.54) is 0 Å². The van der Waals surface area contributed by atoms with Crippen LogP contribution in [0.15, 0.2) is 12.5 Å². The van der Waals surface area contributed by atoms with Crippen LogP contribution >= 0.6 is 10.4 Å². The quantitative estimate of drug-likeness (QED) is 0.651. The minimum absolute atomic E-state index is 0.461. The molecule has 0 aliphatic carbocycles. The summed E-state index contributed by atoms with van der Waals surface area (Å²) in [6.45, 7) is 11.5. The number of nitrogens with zero attached hydrogens (tertiary/aromatic N) is 2. The topological polar surface area (TPSA) is 17.8 Å². The molecule has 102 valence electrons. The van der Waals surface area contributed by atoms with E-state index in [0.29, 0.717) is 0 Å². The van der Waals surface area contributed by atoms with Gasteiger partial charge in [-0.05, 0) is 63.1 Å². The third-order valence-electron chi connectivity index (χ3n) is 2.82. The molecule has 1 rings (SSSR count). The molecule has 0 amide bonds. The van der Waals surface area contributed by atoms with Crippen LogP contribution < -0.4 is 0 Å². The Balaban J connectivity index is 3.26. The first-order chi connectivity index (χ1) is 7.99. The molecule has 0 saturated heterocycles. The summed E-state index contributed by atoms with van der Waals surface area (Å²) in [5.74, 6) is 2.96. The lowest BCUT2D eigenvalue weighted by molar-refractivity contribution is 0.655. The average molecular weight is 270 g/mol. The van der Waals surface area contributed by atoms with Crippen molar-refractivity contribution in [2.45, 2.75) is 51.0 Å². The molecule has 2 nitrogen and oxygen atoms in total. The Hall–Kier alpha value is -0.950. The van der Waals surface area contributed by atoms with Gasteiger partial charge in [-0.2, -0.15) is 3.89 Å². The fourth-order valence-electron chi connectivity index (χ4n) is 1.83. The molecule has 0 aliphatic heterocycles. The van der Waals surface area contributed by atoms with Crippen molar-refractivity contribution in [3.8, 4) is 11.2 Å². The van der Waals surface area contributed by atoms with Gasteiger partial charge in [-0.15, -0.1) is 0 Å². The summed E-state index contributed by atoms with van der Waals surface area (Å²) in [4.78, 5) is 3.99. The lowest BCUT2D eigenvalue weighted by atomic mass is 10.2. The van der Waals surface area contributed by atoms with E-state index in [-0.39, 0.29) is 0 Å². The van der Waals surface area contributed by atoms with Crippen LogP contribution in [0.2, 0.25) is 0 Å². The Morgan fingerprint density at radius 2 is 1.67 bits per heavy atom. The molecule has 0 radical (unpaired) electrons. The molecule has 0 aliphatic rings. The molecule has 0 spiro atoms. The summed E-state index contributed by atoms with van der Waals surface area (Å²) >= 11 is 0. The number of aryl methyl sites for hydroxylation is 1. The zero-order valence-corrected chi connectivity index (χ0v) is 13.2. The van der Waals surface area contributed by atoms with E-state index >= 15 is 3.89 Å². The molecule has 18 heavy (non-hydrogen) atoms. The van der Waals surface area contributed by atoms with Crippen LogP contribution in [-0.2, 0) is 7.05 Å². The van der Waals surface area contributed by atoms with Gasteiger partial charge >= 0.3 is 0 Å². The normalized spacial score (nSPS) is 14.0. The number of aromatic nitrogens is 2. The highest BCUT2D eigenvalue weighted by molar-refractivity contribution is 8.35. The summed E-state index contributed by atoms with van der Waals surface area (Å²) in [6.07, 6.45) is 3.34. The van der Waals surface area contributed by atoms with Crippen molar-refractivity contribution in [1.82, 2.24) is 9.55 Å². The van der Waals surface area contributed by atoms with Gasteiger partial charge in [0.25, 0.3) is 0 Å². The largest absolute Gasteiger partial charge is 0.327 e. The van der Waals surface area contributed by atoms with Crippen molar-refractivity contribution in [2.24, 2.45) is 7.05 Å². The highest BCUT2D eigenvalue weighted by Crippen LogP contribution is 2.68. The number of imidazole rings is 1. The molecule has 0 atom stereocenters. The van der Waals surface area contributed by atoms with E-state index in [2.05, 4.69) is 16.2 Å². The predicted octanol–water partition coefficient (Wildman–Crippen LogP) is 4.02. The molecule has 1 aromatic heterocycles. The van der Waals surface area contributed by atoms with Crippen molar-refractivity contribution < 1.29 is 3.89 Å².